The van der Waals surface area contributed by atoms with Crippen molar-refractivity contribution in [2.75, 3.05) is 16.8 Å². The highest BCUT2D eigenvalue weighted by Gasteiger charge is 2.12. The van der Waals surface area contributed by atoms with Crippen LogP contribution in [0.2, 0.25) is 0 Å². The van der Waals surface area contributed by atoms with Gasteiger partial charge < -0.3 is 5.32 Å². The molecule has 0 bridgehead atoms. The Morgan fingerprint density at radius 1 is 1.29 bits per heavy atom. The van der Waals surface area contributed by atoms with Crippen LogP contribution in [0.15, 0.2) is 28.7 Å². The highest BCUT2D eigenvalue weighted by molar-refractivity contribution is 9.10. The Kier molecular flexibility index (Phi) is 3.76. The third kappa shape index (κ3) is 2.92. The maximum atomic E-state index is 3.57. The van der Waals surface area contributed by atoms with Gasteiger partial charge in [-0.2, -0.15) is 11.8 Å². The average Bonchev–Trinajstić information content (AvgIpc) is 2.23. The summed E-state index contributed by atoms with van der Waals surface area (Å²) >= 11 is 5.49. The van der Waals surface area contributed by atoms with Crippen molar-refractivity contribution < 1.29 is 0 Å². The summed E-state index contributed by atoms with van der Waals surface area (Å²) in [5.41, 5.74) is 1.24. The van der Waals surface area contributed by atoms with E-state index >= 15 is 0 Å². The monoisotopic (exact) mass is 271 g/mol. The second-order valence-electron chi connectivity index (χ2n) is 3.57. The molecule has 1 aliphatic heterocycles. The number of thioether (sulfide) groups is 1. The molecule has 0 saturated carbocycles. The van der Waals surface area contributed by atoms with Gasteiger partial charge >= 0.3 is 0 Å². The lowest BCUT2D eigenvalue weighted by molar-refractivity contribution is 0.685. The second kappa shape index (κ2) is 5.08. The zero-order valence-corrected chi connectivity index (χ0v) is 10.4. The summed E-state index contributed by atoms with van der Waals surface area (Å²) < 4.78 is 1.14. The molecule has 1 aliphatic rings. The number of halogens is 1. The Hall–Kier alpha value is -0.150. The molecule has 0 spiro atoms. The average molecular weight is 272 g/mol. The van der Waals surface area contributed by atoms with Gasteiger partial charge in [0.2, 0.25) is 0 Å². The van der Waals surface area contributed by atoms with Crippen molar-refractivity contribution in [2.24, 2.45) is 0 Å². The summed E-state index contributed by atoms with van der Waals surface area (Å²) in [4.78, 5) is 0. The van der Waals surface area contributed by atoms with Crippen LogP contribution in [0, 0.1) is 0 Å². The maximum absolute atomic E-state index is 3.57. The van der Waals surface area contributed by atoms with Gasteiger partial charge in [-0.05, 0) is 42.9 Å². The van der Waals surface area contributed by atoms with Crippen LogP contribution in [0.25, 0.3) is 0 Å². The highest BCUT2D eigenvalue weighted by Crippen LogP contribution is 2.21. The Bertz CT molecular complexity index is 280. The van der Waals surface area contributed by atoms with Crippen LogP contribution < -0.4 is 5.32 Å². The van der Waals surface area contributed by atoms with Crippen LogP contribution in [0.5, 0.6) is 0 Å². The first kappa shape index (κ1) is 10.4. The minimum absolute atomic E-state index is 0.662. The molecule has 0 aromatic heterocycles. The predicted molar refractivity (Wildman–Crippen MR) is 68.1 cm³/mol. The summed E-state index contributed by atoms with van der Waals surface area (Å²) in [6, 6.07) is 9.08. The maximum Gasteiger partial charge on any atom is 0.0352 e. The van der Waals surface area contributed by atoms with Crippen molar-refractivity contribution >= 4 is 33.4 Å². The molecule has 1 atom stereocenters. The number of hydrogen-bond donors (Lipinski definition) is 1. The molecule has 1 nitrogen and oxygen atoms in total. The Labute approximate surface area is 97.8 Å². The molecular weight excluding hydrogens is 258 g/mol. The smallest absolute Gasteiger partial charge is 0.0352 e. The zero-order valence-electron chi connectivity index (χ0n) is 8.00. The minimum Gasteiger partial charge on any atom is -0.381 e. The molecule has 1 aromatic carbocycles. The van der Waals surface area contributed by atoms with E-state index in [9.17, 15) is 0 Å². The van der Waals surface area contributed by atoms with Crippen molar-refractivity contribution in [1.29, 1.82) is 0 Å². The molecule has 3 heteroatoms. The van der Waals surface area contributed by atoms with Gasteiger partial charge in [0.05, 0.1) is 0 Å². The number of benzene rings is 1. The topological polar surface area (TPSA) is 12.0 Å². The van der Waals surface area contributed by atoms with Crippen LogP contribution >= 0.6 is 27.7 Å². The normalized spacial score (nSPS) is 21.9. The van der Waals surface area contributed by atoms with Gasteiger partial charge in [0.15, 0.2) is 0 Å². The summed E-state index contributed by atoms with van der Waals surface area (Å²) in [5.74, 6) is 2.58. The van der Waals surface area contributed by atoms with E-state index in [2.05, 4.69) is 57.3 Å². The van der Waals surface area contributed by atoms with Crippen LogP contribution in [-0.4, -0.2) is 17.5 Å². The summed E-state index contributed by atoms with van der Waals surface area (Å²) in [7, 11) is 0. The van der Waals surface area contributed by atoms with Crippen LogP contribution in [0.4, 0.5) is 5.69 Å². The lowest BCUT2D eigenvalue weighted by atomic mass is 10.2. The minimum atomic E-state index is 0.662. The Morgan fingerprint density at radius 3 is 2.71 bits per heavy atom. The van der Waals surface area contributed by atoms with E-state index < -0.39 is 0 Å². The number of anilines is 1. The van der Waals surface area contributed by atoms with Gasteiger partial charge in [0.1, 0.15) is 0 Å². The second-order valence-corrected chi connectivity index (χ2v) is 5.63. The Morgan fingerprint density at radius 2 is 2.07 bits per heavy atom. The molecule has 1 aromatic rings. The van der Waals surface area contributed by atoms with Gasteiger partial charge in [0, 0.05) is 22.0 Å². The first-order valence-corrected chi connectivity index (χ1v) is 6.89. The quantitative estimate of drug-likeness (QED) is 0.879. The molecule has 2 rings (SSSR count). The van der Waals surface area contributed by atoms with Crippen LogP contribution in [0.3, 0.4) is 0 Å². The SMILES string of the molecule is Brc1ccc(N[C@H]2CCCSC2)cc1. The number of hydrogen-bond acceptors (Lipinski definition) is 2. The molecule has 0 aliphatic carbocycles. The van der Waals surface area contributed by atoms with E-state index in [1.807, 2.05) is 0 Å². The molecule has 0 radical (unpaired) electrons. The van der Waals surface area contributed by atoms with Crippen molar-refractivity contribution in [1.82, 2.24) is 0 Å². The third-order valence-corrected chi connectivity index (χ3v) is 4.12. The fourth-order valence-corrected chi connectivity index (χ4v) is 2.97. The van der Waals surface area contributed by atoms with E-state index in [1.165, 1.54) is 30.0 Å². The summed E-state index contributed by atoms with van der Waals surface area (Å²) in [5, 5.41) is 3.57. The van der Waals surface area contributed by atoms with Crippen molar-refractivity contribution in [3.8, 4) is 0 Å². The van der Waals surface area contributed by atoms with Crippen molar-refractivity contribution in [3.63, 3.8) is 0 Å². The van der Waals surface area contributed by atoms with E-state index in [-0.39, 0.29) is 0 Å². The van der Waals surface area contributed by atoms with Gasteiger partial charge in [-0.15, -0.1) is 0 Å². The van der Waals surface area contributed by atoms with Gasteiger partial charge in [-0.3, -0.25) is 0 Å². The summed E-state index contributed by atoms with van der Waals surface area (Å²) in [6.45, 7) is 0. The Balaban J connectivity index is 1.92. The largest absolute Gasteiger partial charge is 0.381 e. The molecular formula is C11H14BrNS. The molecule has 1 N–H and O–H groups in total. The zero-order chi connectivity index (χ0) is 9.80. The number of nitrogens with one attached hydrogen (secondary N) is 1. The van der Waals surface area contributed by atoms with Gasteiger partial charge in [0.25, 0.3) is 0 Å². The van der Waals surface area contributed by atoms with Crippen molar-refractivity contribution in [2.45, 2.75) is 18.9 Å². The van der Waals surface area contributed by atoms with Crippen LogP contribution in [-0.2, 0) is 0 Å². The first-order chi connectivity index (χ1) is 6.84. The lowest BCUT2D eigenvalue weighted by Gasteiger charge is -2.23. The fourth-order valence-electron chi connectivity index (χ4n) is 1.64. The number of rotatable bonds is 2. The van der Waals surface area contributed by atoms with Crippen molar-refractivity contribution in [3.05, 3.63) is 28.7 Å². The van der Waals surface area contributed by atoms with E-state index in [4.69, 9.17) is 0 Å². The molecule has 1 heterocycles. The van der Waals surface area contributed by atoms with Gasteiger partial charge in [-0.25, -0.2) is 0 Å². The van der Waals surface area contributed by atoms with E-state index in [1.54, 1.807) is 0 Å². The lowest BCUT2D eigenvalue weighted by Crippen LogP contribution is -2.25. The molecule has 0 amide bonds. The fraction of sp³-hybridized carbons (Fsp3) is 0.455. The molecule has 14 heavy (non-hydrogen) atoms. The standard InChI is InChI=1S/C11H14BrNS/c12-9-3-5-10(6-4-9)13-11-2-1-7-14-8-11/h3-6,11,13H,1-2,7-8H2/t11-/m0/s1. The highest BCUT2D eigenvalue weighted by atomic mass is 79.9. The third-order valence-electron chi connectivity index (χ3n) is 2.38. The molecule has 1 saturated heterocycles. The summed E-state index contributed by atoms with van der Waals surface area (Å²) in [6.07, 6.45) is 2.65. The van der Waals surface area contributed by atoms with Crippen LogP contribution in [0.1, 0.15) is 12.8 Å². The predicted octanol–water partition coefficient (Wildman–Crippen LogP) is 3.76. The van der Waals surface area contributed by atoms with E-state index in [0.717, 1.165) is 4.47 Å². The molecule has 0 unspecified atom stereocenters. The molecule has 1 fully saturated rings. The molecule has 76 valence electrons. The first-order valence-electron chi connectivity index (χ1n) is 4.94. The van der Waals surface area contributed by atoms with E-state index in [0.29, 0.717) is 6.04 Å². The van der Waals surface area contributed by atoms with Gasteiger partial charge in [-0.1, -0.05) is 15.9 Å².